The maximum atomic E-state index is 4.20. The first kappa shape index (κ1) is 6.28. The summed E-state index contributed by atoms with van der Waals surface area (Å²) in [4.78, 5) is 7.38. The highest BCUT2D eigenvalue weighted by Gasteiger charge is 2.32. The molecule has 2 heterocycles. The largest absolute Gasteiger partial charge is 0.347 e. The summed E-state index contributed by atoms with van der Waals surface area (Å²) in [5.41, 5.74) is 1.61. The molecule has 1 N–H and O–H groups in total. The first-order chi connectivity index (χ1) is 4.70. The zero-order valence-electron chi connectivity index (χ0n) is 6.14. The summed E-state index contributed by atoms with van der Waals surface area (Å²) < 4.78 is 0. The summed E-state index contributed by atoms with van der Waals surface area (Å²) in [7, 11) is 0. The number of hydrogen-bond acceptors (Lipinski definition) is 2. The molecule has 0 spiro atoms. The Hall–Kier alpha value is -0.440. The molecule has 0 saturated heterocycles. The Morgan fingerprint density at radius 2 is 2.50 bits per heavy atom. The van der Waals surface area contributed by atoms with E-state index >= 15 is 0 Å². The van der Waals surface area contributed by atoms with Gasteiger partial charge in [-0.1, -0.05) is 13.8 Å². The van der Waals surface area contributed by atoms with Crippen LogP contribution in [0.4, 0.5) is 0 Å². The summed E-state index contributed by atoms with van der Waals surface area (Å²) in [5, 5.41) is 1.19. The SMILES string of the molecule is CC1(C)CSc2nc[nH]c21. The Kier molecular flexibility index (Phi) is 1.12. The number of aromatic amines is 1. The molecule has 0 bridgehead atoms. The Labute approximate surface area is 64.4 Å². The molecule has 1 aliphatic heterocycles. The number of rotatable bonds is 0. The van der Waals surface area contributed by atoms with Crippen molar-refractivity contribution >= 4 is 11.8 Å². The van der Waals surface area contributed by atoms with Gasteiger partial charge in [-0.2, -0.15) is 0 Å². The second-order valence-electron chi connectivity index (χ2n) is 3.26. The van der Waals surface area contributed by atoms with Gasteiger partial charge in [-0.25, -0.2) is 4.98 Å². The zero-order valence-corrected chi connectivity index (χ0v) is 6.96. The number of aromatic nitrogens is 2. The normalized spacial score (nSPS) is 21.0. The van der Waals surface area contributed by atoms with Crippen molar-refractivity contribution in [2.24, 2.45) is 0 Å². The third kappa shape index (κ3) is 0.700. The van der Waals surface area contributed by atoms with Crippen LogP contribution in [0.5, 0.6) is 0 Å². The number of fused-ring (bicyclic) bond motifs is 1. The molecule has 1 aromatic rings. The molecule has 0 aliphatic carbocycles. The van der Waals surface area contributed by atoms with Crippen molar-refractivity contribution in [3.8, 4) is 0 Å². The van der Waals surface area contributed by atoms with Gasteiger partial charge in [0.05, 0.1) is 12.0 Å². The van der Waals surface area contributed by atoms with Gasteiger partial charge in [-0.15, -0.1) is 11.8 Å². The van der Waals surface area contributed by atoms with Gasteiger partial charge < -0.3 is 4.98 Å². The van der Waals surface area contributed by atoms with Gasteiger partial charge in [0, 0.05) is 11.2 Å². The van der Waals surface area contributed by atoms with Crippen LogP contribution in [0.25, 0.3) is 0 Å². The molecule has 3 heteroatoms. The Morgan fingerprint density at radius 3 is 3.20 bits per heavy atom. The lowest BCUT2D eigenvalue weighted by Crippen LogP contribution is -2.16. The highest BCUT2D eigenvalue weighted by atomic mass is 32.2. The van der Waals surface area contributed by atoms with Crippen LogP contribution in [0, 0.1) is 0 Å². The van der Waals surface area contributed by atoms with Gasteiger partial charge in [-0.05, 0) is 0 Å². The van der Waals surface area contributed by atoms with Gasteiger partial charge in [0.25, 0.3) is 0 Å². The molecule has 1 aliphatic rings. The standard InChI is InChI=1S/C7H10N2S/c1-7(2)3-10-6-5(7)8-4-9-6/h4H,3H2,1-2H3,(H,8,9). The van der Waals surface area contributed by atoms with E-state index in [4.69, 9.17) is 0 Å². The van der Waals surface area contributed by atoms with Crippen LogP contribution >= 0.6 is 11.8 Å². The number of nitrogens with one attached hydrogen (secondary N) is 1. The van der Waals surface area contributed by atoms with Crippen LogP contribution in [-0.2, 0) is 5.41 Å². The minimum Gasteiger partial charge on any atom is -0.347 e. The van der Waals surface area contributed by atoms with E-state index < -0.39 is 0 Å². The Balaban J connectivity index is 2.54. The highest BCUT2D eigenvalue weighted by Crippen LogP contribution is 2.40. The van der Waals surface area contributed by atoms with Gasteiger partial charge >= 0.3 is 0 Å². The lowest BCUT2D eigenvalue weighted by atomic mass is 9.93. The van der Waals surface area contributed by atoms with Crippen molar-refractivity contribution in [3.63, 3.8) is 0 Å². The van der Waals surface area contributed by atoms with Crippen LogP contribution in [0.15, 0.2) is 11.4 Å². The van der Waals surface area contributed by atoms with E-state index in [0.717, 1.165) is 5.75 Å². The van der Waals surface area contributed by atoms with Crippen molar-refractivity contribution in [1.82, 2.24) is 9.97 Å². The molecule has 0 fully saturated rings. The topological polar surface area (TPSA) is 28.7 Å². The molecule has 1 aromatic heterocycles. The van der Waals surface area contributed by atoms with Crippen LogP contribution in [0.2, 0.25) is 0 Å². The number of hydrogen-bond donors (Lipinski definition) is 1. The quantitative estimate of drug-likeness (QED) is 0.617. The number of imidazole rings is 1. The lowest BCUT2D eigenvalue weighted by molar-refractivity contribution is 0.586. The second kappa shape index (κ2) is 1.78. The molecule has 0 amide bonds. The van der Waals surface area contributed by atoms with Crippen molar-refractivity contribution < 1.29 is 0 Å². The summed E-state index contributed by atoms with van der Waals surface area (Å²) in [6, 6.07) is 0. The molecule has 0 aromatic carbocycles. The van der Waals surface area contributed by atoms with Crippen LogP contribution in [-0.4, -0.2) is 15.7 Å². The van der Waals surface area contributed by atoms with Crippen molar-refractivity contribution in [1.29, 1.82) is 0 Å². The average molecular weight is 154 g/mol. The fourth-order valence-corrected chi connectivity index (χ4v) is 2.45. The third-order valence-corrected chi connectivity index (χ3v) is 3.30. The predicted octanol–water partition coefficient (Wildman–Crippen LogP) is 1.79. The molecule has 0 saturated carbocycles. The Bertz CT molecular complexity index is 252. The van der Waals surface area contributed by atoms with Crippen molar-refractivity contribution in [2.75, 3.05) is 5.75 Å². The predicted molar refractivity (Wildman–Crippen MR) is 42.3 cm³/mol. The van der Waals surface area contributed by atoms with E-state index in [1.54, 1.807) is 6.33 Å². The van der Waals surface area contributed by atoms with E-state index in [1.165, 1.54) is 10.7 Å². The summed E-state index contributed by atoms with van der Waals surface area (Å²) in [5.74, 6) is 1.15. The monoisotopic (exact) mass is 154 g/mol. The van der Waals surface area contributed by atoms with Gasteiger partial charge in [0.1, 0.15) is 5.03 Å². The van der Waals surface area contributed by atoms with E-state index in [2.05, 4.69) is 23.8 Å². The van der Waals surface area contributed by atoms with Crippen LogP contribution in [0.3, 0.4) is 0 Å². The molecular weight excluding hydrogens is 144 g/mol. The number of H-pyrrole nitrogens is 1. The molecular formula is C7H10N2S. The first-order valence-electron chi connectivity index (χ1n) is 3.37. The number of nitrogens with zero attached hydrogens (tertiary/aromatic N) is 1. The van der Waals surface area contributed by atoms with Gasteiger partial charge in [-0.3, -0.25) is 0 Å². The van der Waals surface area contributed by atoms with E-state index in [1.807, 2.05) is 11.8 Å². The summed E-state index contributed by atoms with van der Waals surface area (Å²) >= 11 is 1.84. The van der Waals surface area contributed by atoms with Gasteiger partial charge in [0.2, 0.25) is 0 Å². The zero-order chi connectivity index (χ0) is 7.19. The fraction of sp³-hybridized carbons (Fsp3) is 0.571. The summed E-state index contributed by atoms with van der Waals surface area (Å²) in [6.45, 7) is 4.48. The molecule has 0 radical (unpaired) electrons. The van der Waals surface area contributed by atoms with Crippen molar-refractivity contribution in [3.05, 3.63) is 12.0 Å². The molecule has 2 nitrogen and oxygen atoms in total. The van der Waals surface area contributed by atoms with Crippen LogP contribution in [0.1, 0.15) is 19.5 Å². The fourth-order valence-electron chi connectivity index (χ4n) is 1.20. The Morgan fingerprint density at radius 1 is 1.70 bits per heavy atom. The average Bonchev–Trinajstić information content (AvgIpc) is 2.36. The summed E-state index contributed by atoms with van der Waals surface area (Å²) in [6.07, 6.45) is 1.78. The van der Waals surface area contributed by atoms with E-state index in [9.17, 15) is 0 Å². The molecule has 10 heavy (non-hydrogen) atoms. The lowest BCUT2D eigenvalue weighted by Gasteiger charge is -2.14. The van der Waals surface area contributed by atoms with Gasteiger partial charge in [0.15, 0.2) is 0 Å². The first-order valence-corrected chi connectivity index (χ1v) is 4.35. The highest BCUT2D eigenvalue weighted by molar-refractivity contribution is 7.99. The van der Waals surface area contributed by atoms with E-state index in [-0.39, 0.29) is 0 Å². The molecule has 54 valence electrons. The second-order valence-corrected chi connectivity index (χ2v) is 4.22. The minimum atomic E-state index is 0.302. The maximum Gasteiger partial charge on any atom is 0.118 e. The van der Waals surface area contributed by atoms with Crippen molar-refractivity contribution in [2.45, 2.75) is 24.3 Å². The molecule has 0 atom stereocenters. The van der Waals surface area contributed by atoms with Crippen LogP contribution < -0.4 is 0 Å². The molecule has 2 rings (SSSR count). The van der Waals surface area contributed by atoms with E-state index in [0.29, 0.717) is 5.41 Å². The smallest absolute Gasteiger partial charge is 0.118 e. The third-order valence-electron chi connectivity index (χ3n) is 1.85. The number of thioether (sulfide) groups is 1. The maximum absolute atomic E-state index is 4.20. The minimum absolute atomic E-state index is 0.302. The molecule has 0 unspecified atom stereocenters.